The Morgan fingerprint density at radius 2 is 1.62 bits per heavy atom. The monoisotopic (exact) mass is 386 g/mol. The molecule has 2 aromatic heterocycles. The number of carbonyl (C=O) groups is 1. The van der Waals surface area contributed by atoms with Crippen LogP contribution in [0.25, 0.3) is 11.1 Å². The number of likely N-dealkylation sites (tertiary alicyclic amines) is 1. The van der Waals surface area contributed by atoms with Crippen molar-refractivity contribution in [2.45, 2.75) is 25.8 Å². The summed E-state index contributed by atoms with van der Waals surface area (Å²) in [5.74, 6) is -0.183. The van der Waals surface area contributed by atoms with E-state index in [1.807, 2.05) is 42.9 Å². The first-order chi connectivity index (χ1) is 14.1. The fraction of sp³-hybridized carbons (Fsp3) is 0.292. The van der Waals surface area contributed by atoms with Crippen molar-refractivity contribution in [3.05, 3.63) is 84.4 Å². The summed E-state index contributed by atoms with van der Waals surface area (Å²) in [6.45, 7) is 2.63. The van der Waals surface area contributed by atoms with E-state index in [-0.39, 0.29) is 5.91 Å². The third-order valence-electron chi connectivity index (χ3n) is 5.98. The Kier molecular flexibility index (Phi) is 5.67. The number of amides is 1. The lowest BCUT2D eigenvalue weighted by Gasteiger charge is -2.40. The number of piperidine rings is 1. The molecule has 1 aromatic carbocycles. The Balaban J connectivity index is 1.42. The van der Waals surface area contributed by atoms with Gasteiger partial charge in [-0.05, 0) is 72.8 Å². The van der Waals surface area contributed by atoms with Gasteiger partial charge in [-0.3, -0.25) is 19.7 Å². The molecule has 1 fully saturated rings. The molecule has 1 amide bonds. The molecule has 0 saturated carbocycles. The van der Waals surface area contributed by atoms with Crippen molar-refractivity contribution < 1.29 is 4.79 Å². The van der Waals surface area contributed by atoms with E-state index in [9.17, 15) is 4.79 Å². The average Bonchev–Trinajstić information content (AvgIpc) is 2.77. The minimum Gasteiger partial charge on any atom is -0.369 e. The Morgan fingerprint density at radius 1 is 0.897 bits per heavy atom. The maximum atomic E-state index is 12.4. The molecule has 0 atom stereocenters. The van der Waals surface area contributed by atoms with Gasteiger partial charge in [0.15, 0.2) is 0 Å². The number of aromatic nitrogens is 2. The van der Waals surface area contributed by atoms with E-state index in [0.717, 1.165) is 49.2 Å². The lowest BCUT2D eigenvalue weighted by molar-refractivity contribution is -0.130. The second kappa shape index (κ2) is 8.53. The predicted molar refractivity (Wildman–Crippen MR) is 114 cm³/mol. The summed E-state index contributed by atoms with van der Waals surface area (Å²) >= 11 is 0. The molecule has 5 heteroatoms. The number of primary amides is 1. The Bertz CT molecular complexity index is 934. The number of hydrogen-bond acceptors (Lipinski definition) is 4. The van der Waals surface area contributed by atoms with Crippen molar-refractivity contribution in [3.8, 4) is 11.1 Å². The zero-order chi connectivity index (χ0) is 20.1. The molecule has 1 aliphatic rings. The summed E-state index contributed by atoms with van der Waals surface area (Å²) in [4.78, 5) is 23.1. The van der Waals surface area contributed by atoms with Crippen LogP contribution in [0.1, 0.15) is 24.0 Å². The van der Waals surface area contributed by atoms with Crippen LogP contribution in [-0.2, 0) is 17.8 Å². The third kappa shape index (κ3) is 4.51. The van der Waals surface area contributed by atoms with Crippen LogP contribution in [0.2, 0.25) is 0 Å². The highest BCUT2D eigenvalue weighted by atomic mass is 16.1. The van der Waals surface area contributed by atoms with Crippen LogP contribution >= 0.6 is 0 Å². The maximum Gasteiger partial charge on any atom is 0.224 e. The summed E-state index contributed by atoms with van der Waals surface area (Å²) in [5.41, 5.74) is 10.0. The van der Waals surface area contributed by atoms with Crippen molar-refractivity contribution >= 4 is 5.91 Å². The lowest BCUT2D eigenvalue weighted by atomic mass is 9.73. The molecule has 1 saturated heterocycles. The summed E-state index contributed by atoms with van der Waals surface area (Å²) < 4.78 is 0. The second-order valence-corrected chi connectivity index (χ2v) is 7.89. The number of benzene rings is 1. The molecule has 0 bridgehead atoms. The first-order valence-electron chi connectivity index (χ1n) is 10.1. The van der Waals surface area contributed by atoms with Gasteiger partial charge in [-0.25, -0.2) is 0 Å². The van der Waals surface area contributed by atoms with E-state index >= 15 is 0 Å². The van der Waals surface area contributed by atoms with Gasteiger partial charge in [0.2, 0.25) is 5.91 Å². The predicted octanol–water partition coefficient (Wildman–Crippen LogP) is 3.45. The van der Waals surface area contributed by atoms with E-state index in [1.165, 1.54) is 5.56 Å². The van der Waals surface area contributed by atoms with Crippen molar-refractivity contribution in [2.24, 2.45) is 11.1 Å². The van der Waals surface area contributed by atoms with Crippen LogP contribution in [0.3, 0.4) is 0 Å². The van der Waals surface area contributed by atoms with Crippen LogP contribution in [0.4, 0.5) is 0 Å². The normalized spacial score (nSPS) is 16.4. The Morgan fingerprint density at radius 3 is 2.24 bits per heavy atom. The standard InChI is InChI=1S/C24H26N4O/c25-23(29)24(9-14-28(15-10-24)18-20-7-12-26-13-8-20)16-19-3-5-21(6-4-19)22-2-1-11-27-17-22/h1-8,11-13,17H,9-10,14-16,18H2,(H2,25,29). The molecular formula is C24H26N4O. The van der Waals surface area contributed by atoms with Gasteiger partial charge in [-0.1, -0.05) is 30.3 Å². The molecule has 0 radical (unpaired) electrons. The molecule has 0 aliphatic carbocycles. The topological polar surface area (TPSA) is 72.1 Å². The number of nitrogens with zero attached hydrogens (tertiary/aromatic N) is 3. The second-order valence-electron chi connectivity index (χ2n) is 7.89. The number of carbonyl (C=O) groups excluding carboxylic acids is 1. The van der Waals surface area contributed by atoms with E-state index in [2.05, 4.69) is 39.1 Å². The van der Waals surface area contributed by atoms with Crippen LogP contribution < -0.4 is 5.73 Å². The Labute approximate surface area is 171 Å². The van der Waals surface area contributed by atoms with E-state index in [4.69, 9.17) is 5.73 Å². The molecule has 2 N–H and O–H groups in total. The van der Waals surface area contributed by atoms with E-state index < -0.39 is 5.41 Å². The van der Waals surface area contributed by atoms with Gasteiger partial charge in [-0.2, -0.15) is 0 Å². The van der Waals surface area contributed by atoms with Crippen LogP contribution in [-0.4, -0.2) is 33.9 Å². The highest BCUT2D eigenvalue weighted by Crippen LogP contribution is 2.36. The molecule has 3 heterocycles. The van der Waals surface area contributed by atoms with Gasteiger partial charge in [-0.15, -0.1) is 0 Å². The van der Waals surface area contributed by atoms with Gasteiger partial charge in [0, 0.05) is 31.3 Å². The first kappa shape index (κ1) is 19.3. The summed E-state index contributed by atoms with van der Waals surface area (Å²) in [5, 5.41) is 0. The van der Waals surface area contributed by atoms with Crippen molar-refractivity contribution in [1.29, 1.82) is 0 Å². The lowest BCUT2D eigenvalue weighted by Crippen LogP contribution is -2.48. The average molecular weight is 386 g/mol. The summed E-state index contributed by atoms with van der Waals surface area (Å²) in [7, 11) is 0. The molecule has 0 unspecified atom stereocenters. The third-order valence-corrected chi connectivity index (χ3v) is 5.98. The molecular weight excluding hydrogens is 360 g/mol. The quantitative estimate of drug-likeness (QED) is 0.704. The zero-order valence-corrected chi connectivity index (χ0v) is 16.5. The van der Waals surface area contributed by atoms with Crippen LogP contribution in [0, 0.1) is 5.41 Å². The molecule has 148 valence electrons. The van der Waals surface area contributed by atoms with E-state index in [0.29, 0.717) is 6.42 Å². The van der Waals surface area contributed by atoms with Crippen molar-refractivity contribution in [1.82, 2.24) is 14.9 Å². The SMILES string of the molecule is NC(=O)C1(Cc2ccc(-c3cccnc3)cc2)CCN(Cc2ccncc2)CC1. The highest BCUT2D eigenvalue weighted by molar-refractivity contribution is 5.81. The van der Waals surface area contributed by atoms with Gasteiger partial charge >= 0.3 is 0 Å². The maximum absolute atomic E-state index is 12.4. The summed E-state index contributed by atoms with van der Waals surface area (Å²) in [6, 6.07) is 16.5. The number of pyridine rings is 2. The van der Waals surface area contributed by atoms with Crippen LogP contribution in [0.5, 0.6) is 0 Å². The molecule has 3 aromatic rings. The molecule has 1 aliphatic heterocycles. The van der Waals surface area contributed by atoms with Crippen LogP contribution in [0.15, 0.2) is 73.3 Å². The van der Waals surface area contributed by atoms with Gasteiger partial charge in [0.1, 0.15) is 0 Å². The fourth-order valence-corrected chi connectivity index (χ4v) is 4.14. The first-order valence-corrected chi connectivity index (χ1v) is 10.1. The number of hydrogen-bond donors (Lipinski definition) is 1. The fourth-order valence-electron chi connectivity index (χ4n) is 4.14. The molecule has 29 heavy (non-hydrogen) atoms. The highest BCUT2D eigenvalue weighted by Gasteiger charge is 2.39. The molecule has 5 nitrogen and oxygen atoms in total. The van der Waals surface area contributed by atoms with Gasteiger partial charge < -0.3 is 5.73 Å². The summed E-state index contributed by atoms with van der Waals surface area (Å²) in [6.07, 6.45) is 9.55. The smallest absolute Gasteiger partial charge is 0.224 e. The van der Waals surface area contributed by atoms with Crippen molar-refractivity contribution in [2.75, 3.05) is 13.1 Å². The molecule has 0 spiro atoms. The largest absolute Gasteiger partial charge is 0.369 e. The minimum atomic E-state index is -0.468. The Hall–Kier alpha value is -3.05. The molecule has 4 rings (SSSR count). The van der Waals surface area contributed by atoms with Gasteiger partial charge in [0.05, 0.1) is 5.41 Å². The zero-order valence-electron chi connectivity index (χ0n) is 16.5. The number of rotatable bonds is 6. The number of nitrogens with two attached hydrogens (primary N) is 1. The van der Waals surface area contributed by atoms with E-state index in [1.54, 1.807) is 6.20 Å². The van der Waals surface area contributed by atoms with Gasteiger partial charge in [0.25, 0.3) is 0 Å². The minimum absolute atomic E-state index is 0.183. The van der Waals surface area contributed by atoms with Crippen molar-refractivity contribution in [3.63, 3.8) is 0 Å².